The molecule has 3 heteroatoms. The number of halogens is 2. The van der Waals surface area contributed by atoms with E-state index in [9.17, 15) is 9.18 Å². The van der Waals surface area contributed by atoms with Crippen molar-refractivity contribution in [2.24, 2.45) is 0 Å². The van der Waals surface area contributed by atoms with Crippen LogP contribution in [0, 0.1) is 0 Å². The molecule has 1 aromatic rings. The summed E-state index contributed by atoms with van der Waals surface area (Å²) >= 11 is 5.61. The van der Waals surface area contributed by atoms with E-state index in [0.29, 0.717) is 22.4 Å². The fourth-order valence-electron chi connectivity index (χ4n) is 0.749. The van der Waals surface area contributed by atoms with Crippen molar-refractivity contribution >= 4 is 17.9 Å². The monoisotopic (exact) mass is 172 g/mol. The van der Waals surface area contributed by atoms with Gasteiger partial charge in [-0.15, -0.1) is 0 Å². The van der Waals surface area contributed by atoms with Crippen molar-refractivity contribution in [3.8, 4) is 0 Å². The van der Waals surface area contributed by atoms with Gasteiger partial charge in [0.05, 0.1) is 5.02 Å². The molecule has 1 nitrogen and oxygen atoms in total. The van der Waals surface area contributed by atoms with Crippen LogP contribution in [-0.4, -0.2) is 6.29 Å². The van der Waals surface area contributed by atoms with Crippen LogP contribution in [0.4, 0.5) is 4.39 Å². The predicted octanol–water partition coefficient (Wildman–Crippen LogP) is 2.62. The van der Waals surface area contributed by atoms with E-state index in [-0.39, 0.29) is 0 Å². The van der Waals surface area contributed by atoms with Crippen LogP contribution in [0.15, 0.2) is 18.2 Å². The maximum Gasteiger partial charge on any atom is 0.151 e. The molecule has 0 aliphatic rings. The lowest BCUT2D eigenvalue weighted by molar-refractivity contribution is 0.112. The van der Waals surface area contributed by atoms with Gasteiger partial charge in [0.15, 0.2) is 6.29 Å². The molecule has 1 aromatic carbocycles. The van der Waals surface area contributed by atoms with Crippen molar-refractivity contribution < 1.29 is 9.18 Å². The number of benzene rings is 1. The van der Waals surface area contributed by atoms with Crippen molar-refractivity contribution in [1.29, 1.82) is 0 Å². The molecule has 0 amide bonds. The van der Waals surface area contributed by atoms with E-state index in [4.69, 9.17) is 11.6 Å². The van der Waals surface area contributed by atoms with Crippen LogP contribution in [0.1, 0.15) is 15.9 Å². The number of hydrogen-bond donors (Lipinski definition) is 0. The smallest absolute Gasteiger partial charge is 0.151 e. The van der Waals surface area contributed by atoms with Gasteiger partial charge in [0, 0.05) is 5.56 Å². The molecule has 58 valence electrons. The highest BCUT2D eigenvalue weighted by atomic mass is 35.5. The third-order valence-electron chi connectivity index (χ3n) is 1.35. The molecular formula is C8H6ClFO. The van der Waals surface area contributed by atoms with Gasteiger partial charge in [-0.25, -0.2) is 4.39 Å². The minimum atomic E-state index is -0.557. The first kappa shape index (κ1) is 8.21. The Balaban J connectivity index is 3.09. The third-order valence-corrected chi connectivity index (χ3v) is 1.67. The zero-order valence-electron chi connectivity index (χ0n) is 5.68. The van der Waals surface area contributed by atoms with Crippen molar-refractivity contribution in [3.05, 3.63) is 34.3 Å². The molecule has 0 radical (unpaired) electrons. The molecule has 0 heterocycles. The lowest BCUT2D eigenvalue weighted by Gasteiger charge is -1.97. The summed E-state index contributed by atoms with van der Waals surface area (Å²) in [5.74, 6) is 0. The molecule has 0 aliphatic carbocycles. The van der Waals surface area contributed by atoms with Crippen LogP contribution in [0.25, 0.3) is 0 Å². The fourth-order valence-corrected chi connectivity index (χ4v) is 0.997. The van der Waals surface area contributed by atoms with E-state index in [0.717, 1.165) is 0 Å². The van der Waals surface area contributed by atoms with Crippen LogP contribution < -0.4 is 0 Å². The molecule has 0 fully saturated rings. The molecule has 0 unspecified atom stereocenters. The molecule has 0 saturated heterocycles. The molecular weight excluding hydrogens is 167 g/mol. The summed E-state index contributed by atoms with van der Waals surface area (Å²) in [4.78, 5) is 10.2. The Morgan fingerprint density at radius 2 is 2.27 bits per heavy atom. The zero-order valence-corrected chi connectivity index (χ0v) is 6.44. The van der Waals surface area contributed by atoms with Crippen molar-refractivity contribution in [1.82, 2.24) is 0 Å². The number of hydrogen-bond acceptors (Lipinski definition) is 1. The van der Waals surface area contributed by atoms with Crippen LogP contribution in [0.3, 0.4) is 0 Å². The highest BCUT2D eigenvalue weighted by Gasteiger charge is 1.99. The molecule has 1 rings (SSSR count). The second-order valence-electron chi connectivity index (χ2n) is 2.11. The largest absolute Gasteiger partial charge is 0.298 e. The highest BCUT2D eigenvalue weighted by Crippen LogP contribution is 2.16. The first-order chi connectivity index (χ1) is 5.27. The number of rotatable bonds is 2. The Hall–Kier alpha value is -0.890. The number of carbonyl (C=O) groups is 1. The summed E-state index contributed by atoms with van der Waals surface area (Å²) in [5, 5.41) is 0.301. The average Bonchev–Trinajstić information content (AvgIpc) is 2.04. The molecule has 0 aromatic heterocycles. The summed E-state index contributed by atoms with van der Waals surface area (Å²) < 4.78 is 12.0. The van der Waals surface area contributed by atoms with E-state index < -0.39 is 6.67 Å². The summed E-state index contributed by atoms with van der Waals surface area (Å²) in [6.07, 6.45) is 0.643. The van der Waals surface area contributed by atoms with Crippen molar-refractivity contribution in [2.75, 3.05) is 0 Å². The van der Waals surface area contributed by atoms with Crippen LogP contribution in [-0.2, 0) is 6.67 Å². The minimum Gasteiger partial charge on any atom is -0.298 e. The molecule has 11 heavy (non-hydrogen) atoms. The number of alkyl halides is 1. The molecule has 0 atom stereocenters. The predicted molar refractivity (Wildman–Crippen MR) is 41.7 cm³/mol. The van der Waals surface area contributed by atoms with E-state index in [2.05, 4.69) is 0 Å². The normalized spacial score (nSPS) is 9.64. The minimum absolute atomic E-state index is 0.301. The van der Waals surface area contributed by atoms with E-state index in [1.165, 1.54) is 18.2 Å². The first-order valence-electron chi connectivity index (χ1n) is 3.07. The molecule has 0 N–H and O–H groups in total. The van der Waals surface area contributed by atoms with E-state index >= 15 is 0 Å². The lowest BCUT2D eigenvalue weighted by atomic mass is 10.2. The molecule has 0 bridgehead atoms. The fraction of sp³-hybridized carbons (Fsp3) is 0.125. The van der Waals surface area contributed by atoms with Crippen LogP contribution >= 0.6 is 11.6 Å². The summed E-state index contributed by atoms with van der Waals surface area (Å²) in [7, 11) is 0. The molecule has 0 saturated carbocycles. The Morgan fingerprint density at radius 1 is 1.55 bits per heavy atom. The third kappa shape index (κ3) is 1.77. The second kappa shape index (κ2) is 3.49. The van der Waals surface area contributed by atoms with Gasteiger partial charge in [0.2, 0.25) is 0 Å². The van der Waals surface area contributed by atoms with Crippen LogP contribution in [0.5, 0.6) is 0 Å². The van der Waals surface area contributed by atoms with Gasteiger partial charge in [0.25, 0.3) is 0 Å². The topological polar surface area (TPSA) is 17.1 Å². The van der Waals surface area contributed by atoms with Gasteiger partial charge in [-0.1, -0.05) is 17.7 Å². The van der Waals surface area contributed by atoms with Gasteiger partial charge < -0.3 is 0 Å². The van der Waals surface area contributed by atoms with Gasteiger partial charge in [-0.3, -0.25) is 4.79 Å². The Bertz CT molecular complexity index is 273. The summed E-state index contributed by atoms with van der Waals surface area (Å²) in [5.41, 5.74) is 0.879. The van der Waals surface area contributed by atoms with E-state index in [1.807, 2.05) is 0 Å². The second-order valence-corrected chi connectivity index (χ2v) is 2.51. The van der Waals surface area contributed by atoms with E-state index in [1.54, 1.807) is 0 Å². The Kier molecular flexibility index (Phi) is 2.60. The maximum atomic E-state index is 12.0. The Morgan fingerprint density at radius 3 is 2.73 bits per heavy atom. The Labute approximate surface area is 68.8 Å². The lowest BCUT2D eigenvalue weighted by Crippen LogP contribution is -1.84. The van der Waals surface area contributed by atoms with Gasteiger partial charge in [-0.2, -0.15) is 0 Å². The van der Waals surface area contributed by atoms with Gasteiger partial charge in [-0.05, 0) is 17.7 Å². The average molecular weight is 173 g/mol. The first-order valence-corrected chi connectivity index (χ1v) is 3.45. The van der Waals surface area contributed by atoms with Crippen molar-refractivity contribution in [2.45, 2.75) is 6.67 Å². The SMILES string of the molecule is O=Cc1ccc(CF)cc1Cl. The van der Waals surface area contributed by atoms with Crippen molar-refractivity contribution in [3.63, 3.8) is 0 Å². The standard InChI is InChI=1S/C8H6ClFO/c9-8-3-6(4-10)1-2-7(8)5-11/h1-3,5H,4H2. The number of aldehydes is 1. The zero-order chi connectivity index (χ0) is 8.27. The summed E-state index contributed by atoms with van der Waals surface area (Å²) in [6, 6.07) is 4.49. The maximum absolute atomic E-state index is 12.0. The van der Waals surface area contributed by atoms with Gasteiger partial charge in [0.1, 0.15) is 6.67 Å². The number of carbonyl (C=O) groups excluding carboxylic acids is 1. The molecule has 0 spiro atoms. The van der Waals surface area contributed by atoms with Crippen LogP contribution in [0.2, 0.25) is 5.02 Å². The summed E-state index contributed by atoms with van der Waals surface area (Å²) in [6.45, 7) is -0.557. The highest BCUT2D eigenvalue weighted by molar-refractivity contribution is 6.33. The molecule has 0 aliphatic heterocycles. The van der Waals surface area contributed by atoms with Gasteiger partial charge >= 0.3 is 0 Å². The quantitative estimate of drug-likeness (QED) is 0.627.